The highest BCUT2D eigenvalue weighted by atomic mass is 16.5. The SMILES string of the molecule is OB(O)c1ccc(OCCc2ccccc2Oc2ccccc2)cc1. The molecule has 0 heterocycles. The van der Waals surface area contributed by atoms with E-state index in [2.05, 4.69) is 0 Å². The van der Waals surface area contributed by atoms with Crippen LogP contribution < -0.4 is 14.9 Å². The summed E-state index contributed by atoms with van der Waals surface area (Å²) in [5.74, 6) is 2.30. The molecule has 3 aromatic rings. The van der Waals surface area contributed by atoms with Gasteiger partial charge < -0.3 is 19.5 Å². The molecule has 0 saturated heterocycles. The average molecular weight is 334 g/mol. The monoisotopic (exact) mass is 334 g/mol. The first kappa shape index (κ1) is 17.1. The lowest BCUT2D eigenvalue weighted by Crippen LogP contribution is -2.29. The molecule has 0 fully saturated rings. The molecule has 0 aromatic heterocycles. The molecule has 3 aromatic carbocycles. The number of rotatable bonds is 7. The lowest BCUT2D eigenvalue weighted by atomic mass is 9.80. The summed E-state index contributed by atoms with van der Waals surface area (Å²) in [6.07, 6.45) is 0.702. The molecule has 0 atom stereocenters. The second-order valence-corrected chi connectivity index (χ2v) is 5.56. The fourth-order valence-electron chi connectivity index (χ4n) is 2.44. The molecule has 0 saturated carbocycles. The van der Waals surface area contributed by atoms with Crippen molar-refractivity contribution in [2.24, 2.45) is 0 Å². The van der Waals surface area contributed by atoms with Crippen LogP contribution in [0, 0.1) is 0 Å². The first-order chi connectivity index (χ1) is 12.2. The van der Waals surface area contributed by atoms with E-state index in [4.69, 9.17) is 19.5 Å². The van der Waals surface area contributed by atoms with Crippen LogP contribution in [0.4, 0.5) is 0 Å². The van der Waals surface area contributed by atoms with Gasteiger partial charge in [-0.25, -0.2) is 0 Å². The molecular formula is C20H19BO4. The fraction of sp³-hybridized carbons (Fsp3) is 0.100. The van der Waals surface area contributed by atoms with Crippen LogP contribution in [0.3, 0.4) is 0 Å². The van der Waals surface area contributed by atoms with E-state index in [0.717, 1.165) is 17.1 Å². The summed E-state index contributed by atoms with van der Waals surface area (Å²) in [7, 11) is -1.46. The number of hydrogen-bond acceptors (Lipinski definition) is 4. The molecule has 126 valence electrons. The Hall–Kier alpha value is -2.76. The summed E-state index contributed by atoms with van der Waals surface area (Å²) in [6, 6.07) is 24.3. The zero-order valence-electron chi connectivity index (χ0n) is 13.7. The maximum Gasteiger partial charge on any atom is 0.488 e. The third kappa shape index (κ3) is 4.86. The lowest BCUT2D eigenvalue weighted by Gasteiger charge is -2.12. The van der Waals surface area contributed by atoms with Crippen LogP contribution in [0.2, 0.25) is 0 Å². The molecule has 0 aliphatic heterocycles. The van der Waals surface area contributed by atoms with Gasteiger partial charge in [0.1, 0.15) is 17.2 Å². The van der Waals surface area contributed by atoms with E-state index >= 15 is 0 Å². The third-order valence-corrected chi connectivity index (χ3v) is 3.76. The smallest absolute Gasteiger partial charge is 0.488 e. The van der Waals surface area contributed by atoms with Crippen LogP contribution in [0.1, 0.15) is 5.56 Å². The minimum absolute atomic E-state index is 0.439. The fourth-order valence-corrected chi connectivity index (χ4v) is 2.44. The van der Waals surface area contributed by atoms with Gasteiger partial charge in [-0.2, -0.15) is 0 Å². The Morgan fingerprint density at radius 2 is 1.40 bits per heavy atom. The van der Waals surface area contributed by atoms with Crippen molar-refractivity contribution in [1.29, 1.82) is 0 Å². The van der Waals surface area contributed by atoms with Gasteiger partial charge in [-0.15, -0.1) is 0 Å². The maximum absolute atomic E-state index is 9.09. The zero-order valence-corrected chi connectivity index (χ0v) is 13.7. The van der Waals surface area contributed by atoms with Crippen molar-refractivity contribution in [1.82, 2.24) is 0 Å². The predicted molar refractivity (Wildman–Crippen MR) is 98.4 cm³/mol. The van der Waals surface area contributed by atoms with E-state index in [1.54, 1.807) is 24.3 Å². The summed E-state index contributed by atoms with van der Waals surface area (Å²) in [4.78, 5) is 0. The minimum Gasteiger partial charge on any atom is -0.493 e. The molecule has 25 heavy (non-hydrogen) atoms. The Morgan fingerprint density at radius 1 is 0.720 bits per heavy atom. The second kappa shape index (κ2) is 8.37. The molecule has 0 unspecified atom stereocenters. The summed E-state index contributed by atoms with van der Waals surface area (Å²) in [5, 5.41) is 18.2. The van der Waals surface area contributed by atoms with Crippen molar-refractivity contribution in [2.45, 2.75) is 6.42 Å². The molecule has 3 rings (SSSR count). The van der Waals surface area contributed by atoms with E-state index in [1.807, 2.05) is 54.6 Å². The Morgan fingerprint density at radius 3 is 2.12 bits per heavy atom. The van der Waals surface area contributed by atoms with Crippen molar-refractivity contribution < 1.29 is 19.5 Å². The van der Waals surface area contributed by atoms with Crippen LogP contribution in [-0.2, 0) is 6.42 Å². The molecular weight excluding hydrogens is 315 g/mol. The van der Waals surface area contributed by atoms with Crippen molar-refractivity contribution in [2.75, 3.05) is 6.61 Å². The van der Waals surface area contributed by atoms with Gasteiger partial charge in [-0.3, -0.25) is 0 Å². The van der Waals surface area contributed by atoms with Gasteiger partial charge in [0.2, 0.25) is 0 Å². The lowest BCUT2D eigenvalue weighted by molar-refractivity contribution is 0.320. The van der Waals surface area contributed by atoms with Gasteiger partial charge in [0.25, 0.3) is 0 Å². The Balaban J connectivity index is 1.60. The van der Waals surface area contributed by atoms with Gasteiger partial charge >= 0.3 is 7.12 Å². The third-order valence-electron chi connectivity index (χ3n) is 3.76. The molecule has 4 nitrogen and oxygen atoms in total. The molecule has 0 radical (unpaired) electrons. The molecule has 0 spiro atoms. The van der Waals surface area contributed by atoms with Crippen molar-refractivity contribution in [3.8, 4) is 17.2 Å². The van der Waals surface area contributed by atoms with E-state index in [9.17, 15) is 0 Å². The maximum atomic E-state index is 9.09. The van der Waals surface area contributed by atoms with Gasteiger partial charge in [0, 0.05) is 6.42 Å². The van der Waals surface area contributed by atoms with Crippen LogP contribution in [-0.4, -0.2) is 23.8 Å². The van der Waals surface area contributed by atoms with Gasteiger partial charge in [0.15, 0.2) is 0 Å². The molecule has 0 bridgehead atoms. The zero-order chi connectivity index (χ0) is 17.5. The van der Waals surface area contributed by atoms with Crippen LogP contribution >= 0.6 is 0 Å². The van der Waals surface area contributed by atoms with Gasteiger partial charge in [0.05, 0.1) is 6.61 Å². The number of hydrogen-bond donors (Lipinski definition) is 2. The van der Waals surface area contributed by atoms with Crippen molar-refractivity contribution >= 4 is 12.6 Å². The number of para-hydroxylation sites is 2. The summed E-state index contributed by atoms with van der Waals surface area (Å²) >= 11 is 0. The number of benzene rings is 3. The van der Waals surface area contributed by atoms with Gasteiger partial charge in [-0.1, -0.05) is 48.5 Å². The van der Waals surface area contributed by atoms with E-state index in [-0.39, 0.29) is 0 Å². The van der Waals surface area contributed by atoms with Crippen LogP contribution in [0.15, 0.2) is 78.9 Å². The Kier molecular flexibility index (Phi) is 5.72. The summed E-state index contributed by atoms with van der Waals surface area (Å²) in [5.41, 5.74) is 1.50. The van der Waals surface area contributed by atoms with Crippen molar-refractivity contribution in [3.05, 3.63) is 84.4 Å². The molecule has 0 aliphatic carbocycles. The summed E-state index contributed by atoms with van der Waals surface area (Å²) in [6.45, 7) is 0.496. The topological polar surface area (TPSA) is 58.9 Å². The average Bonchev–Trinajstić information content (AvgIpc) is 2.64. The molecule has 0 aliphatic rings. The minimum atomic E-state index is -1.46. The highest BCUT2D eigenvalue weighted by molar-refractivity contribution is 6.58. The first-order valence-corrected chi connectivity index (χ1v) is 8.12. The van der Waals surface area contributed by atoms with E-state index in [1.165, 1.54) is 0 Å². The normalized spacial score (nSPS) is 10.3. The highest BCUT2D eigenvalue weighted by Crippen LogP contribution is 2.25. The van der Waals surface area contributed by atoms with Gasteiger partial charge in [-0.05, 0) is 41.4 Å². The van der Waals surface area contributed by atoms with Crippen LogP contribution in [0.5, 0.6) is 17.2 Å². The standard InChI is InChI=1S/C20H19BO4/c22-21(23)17-10-12-18(13-11-17)24-15-14-16-6-4-5-9-20(16)25-19-7-2-1-3-8-19/h1-13,22-23H,14-15H2. The van der Waals surface area contributed by atoms with Crippen molar-refractivity contribution in [3.63, 3.8) is 0 Å². The Labute approximate surface area is 147 Å². The number of ether oxygens (including phenoxy) is 2. The van der Waals surface area contributed by atoms with E-state index < -0.39 is 7.12 Å². The quantitative estimate of drug-likeness (QED) is 0.653. The molecule has 2 N–H and O–H groups in total. The largest absolute Gasteiger partial charge is 0.493 e. The Bertz CT molecular complexity index is 788. The van der Waals surface area contributed by atoms with E-state index in [0.29, 0.717) is 24.2 Å². The summed E-state index contributed by atoms with van der Waals surface area (Å²) < 4.78 is 11.7. The highest BCUT2D eigenvalue weighted by Gasteiger charge is 2.10. The van der Waals surface area contributed by atoms with Crippen LogP contribution in [0.25, 0.3) is 0 Å². The molecule has 5 heteroatoms. The first-order valence-electron chi connectivity index (χ1n) is 8.12. The predicted octanol–water partition coefficient (Wildman–Crippen LogP) is 2.78. The molecule has 0 amide bonds. The second-order valence-electron chi connectivity index (χ2n) is 5.56.